The fourth-order valence-corrected chi connectivity index (χ4v) is 3.15. The molecule has 29 heavy (non-hydrogen) atoms. The topological polar surface area (TPSA) is 83.7 Å². The molecule has 0 atom stereocenters. The van der Waals surface area contributed by atoms with E-state index in [2.05, 4.69) is 31.2 Å². The van der Waals surface area contributed by atoms with Gasteiger partial charge in [0.05, 0.1) is 18.1 Å². The molecule has 0 radical (unpaired) electrons. The second-order valence-corrected chi connectivity index (χ2v) is 6.50. The second-order valence-electron chi connectivity index (χ2n) is 6.50. The Balaban J connectivity index is 0.00000300. The minimum atomic E-state index is 0. The minimum absolute atomic E-state index is 0. The maximum atomic E-state index is 9.98. The van der Waals surface area contributed by atoms with Crippen LogP contribution in [-0.2, 0) is 13.1 Å². The fraction of sp³-hybridized carbons (Fsp3) is 0.333. The first-order valence-corrected chi connectivity index (χ1v) is 9.34. The standard InChI is InChI=1S/C21H27N5O2.HI/c1-15-25-18-7-4-5-8-19(18)26(15)12-6-11-23-21(22-2)24-14-16-13-17(28-3)9-10-20(16)27;/h4-5,7-10,13,27H,6,11-12,14H2,1-3H3,(H2,22,23,24);1H. The summed E-state index contributed by atoms with van der Waals surface area (Å²) in [5, 5.41) is 16.5. The van der Waals surface area contributed by atoms with Crippen molar-refractivity contribution < 1.29 is 9.84 Å². The molecule has 1 aromatic heterocycles. The Hall–Kier alpha value is -2.49. The first-order chi connectivity index (χ1) is 13.6. The molecule has 1 heterocycles. The zero-order valence-electron chi connectivity index (χ0n) is 17.0. The fourth-order valence-electron chi connectivity index (χ4n) is 3.15. The average Bonchev–Trinajstić information content (AvgIpc) is 3.03. The van der Waals surface area contributed by atoms with E-state index in [-0.39, 0.29) is 29.7 Å². The lowest BCUT2D eigenvalue weighted by Gasteiger charge is -2.14. The Morgan fingerprint density at radius 3 is 2.76 bits per heavy atom. The van der Waals surface area contributed by atoms with Gasteiger partial charge in [-0.1, -0.05) is 12.1 Å². The number of guanidine groups is 1. The summed E-state index contributed by atoms with van der Waals surface area (Å²) in [5.74, 6) is 2.65. The minimum Gasteiger partial charge on any atom is -0.508 e. The molecular weight excluding hydrogens is 481 g/mol. The summed E-state index contributed by atoms with van der Waals surface area (Å²) < 4.78 is 7.44. The number of aliphatic imine (C=N–C) groups is 1. The van der Waals surface area contributed by atoms with E-state index in [1.165, 1.54) is 0 Å². The summed E-state index contributed by atoms with van der Waals surface area (Å²) in [4.78, 5) is 8.84. The normalized spacial score (nSPS) is 11.2. The highest BCUT2D eigenvalue weighted by atomic mass is 127. The smallest absolute Gasteiger partial charge is 0.191 e. The number of nitrogens with one attached hydrogen (secondary N) is 2. The number of para-hydroxylation sites is 2. The first-order valence-electron chi connectivity index (χ1n) is 9.34. The number of fused-ring (bicyclic) bond motifs is 1. The molecule has 3 N–H and O–H groups in total. The van der Waals surface area contributed by atoms with Crippen LogP contribution in [0.5, 0.6) is 11.5 Å². The molecule has 0 saturated heterocycles. The highest BCUT2D eigenvalue weighted by Gasteiger charge is 2.07. The van der Waals surface area contributed by atoms with Gasteiger partial charge in [-0.05, 0) is 43.7 Å². The molecule has 0 aliphatic heterocycles. The number of phenols is 1. The lowest BCUT2D eigenvalue weighted by Crippen LogP contribution is -2.37. The molecule has 0 bridgehead atoms. The van der Waals surface area contributed by atoms with Crippen LogP contribution in [0, 0.1) is 6.92 Å². The van der Waals surface area contributed by atoms with E-state index in [0.717, 1.165) is 41.9 Å². The van der Waals surface area contributed by atoms with Crippen LogP contribution in [0.15, 0.2) is 47.5 Å². The van der Waals surface area contributed by atoms with E-state index in [4.69, 9.17) is 4.74 Å². The van der Waals surface area contributed by atoms with Crippen LogP contribution in [-0.4, -0.2) is 41.3 Å². The van der Waals surface area contributed by atoms with Crippen molar-refractivity contribution in [3.8, 4) is 11.5 Å². The predicted molar refractivity (Wildman–Crippen MR) is 127 cm³/mol. The van der Waals surface area contributed by atoms with E-state index in [1.54, 1.807) is 26.3 Å². The molecule has 3 aromatic rings. The van der Waals surface area contributed by atoms with Crippen LogP contribution in [0.25, 0.3) is 11.0 Å². The number of rotatable bonds is 7. The molecule has 8 heteroatoms. The van der Waals surface area contributed by atoms with E-state index >= 15 is 0 Å². The van der Waals surface area contributed by atoms with Crippen molar-refractivity contribution in [3.63, 3.8) is 0 Å². The van der Waals surface area contributed by atoms with Gasteiger partial charge < -0.3 is 25.0 Å². The molecule has 0 fully saturated rings. The Morgan fingerprint density at radius 1 is 1.21 bits per heavy atom. The van der Waals surface area contributed by atoms with E-state index in [1.807, 2.05) is 31.2 Å². The summed E-state index contributed by atoms with van der Waals surface area (Å²) >= 11 is 0. The number of hydrogen-bond donors (Lipinski definition) is 3. The maximum absolute atomic E-state index is 9.98. The lowest BCUT2D eigenvalue weighted by atomic mass is 10.2. The number of ether oxygens (including phenoxy) is 1. The molecule has 0 saturated carbocycles. The van der Waals surface area contributed by atoms with Crippen LogP contribution in [0.2, 0.25) is 0 Å². The van der Waals surface area contributed by atoms with E-state index in [9.17, 15) is 5.11 Å². The number of hydrogen-bond acceptors (Lipinski definition) is 4. The number of imidazole rings is 1. The Labute approximate surface area is 188 Å². The molecule has 156 valence electrons. The second kappa shape index (κ2) is 10.9. The van der Waals surface area contributed by atoms with Crippen LogP contribution >= 0.6 is 24.0 Å². The predicted octanol–water partition coefficient (Wildman–Crippen LogP) is 3.43. The number of benzene rings is 2. The van der Waals surface area contributed by atoms with Gasteiger partial charge in [-0.3, -0.25) is 4.99 Å². The Bertz CT molecular complexity index is 971. The third kappa shape index (κ3) is 5.75. The van der Waals surface area contributed by atoms with Gasteiger partial charge in [0.1, 0.15) is 17.3 Å². The number of halogens is 1. The van der Waals surface area contributed by atoms with Crippen LogP contribution in [0.1, 0.15) is 17.8 Å². The van der Waals surface area contributed by atoms with Gasteiger partial charge in [0, 0.05) is 32.2 Å². The molecule has 0 spiro atoms. The summed E-state index contributed by atoms with van der Waals surface area (Å²) in [5.41, 5.74) is 2.95. The van der Waals surface area contributed by atoms with Crippen molar-refractivity contribution in [2.45, 2.75) is 26.4 Å². The van der Waals surface area contributed by atoms with Gasteiger partial charge >= 0.3 is 0 Å². The van der Waals surface area contributed by atoms with Gasteiger partial charge in [-0.15, -0.1) is 24.0 Å². The number of methoxy groups -OCH3 is 1. The van der Waals surface area contributed by atoms with E-state index in [0.29, 0.717) is 18.3 Å². The Kier molecular flexibility index (Phi) is 8.56. The highest BCUT2D eigenvalue weighted by molar-refractivity contribution is 14.0. The SMILES string of the molecule is CN=C(NCCCn1c(C)nc2ccccc21)NCc1cc(OC)ccc1O.I. The van der Waals surface area contributed by atoms with Gasteiger partial charge in [0.15, 0.2) is 5.96 Å². The number of aryl methyl sites for hydroxylation is 2. The molecule has 0 aliphatic rings. The van der Waals surface area contributed by atoms with Crippen molar-refractivity contribution in [2.24, 2.45) is 4.99 Å². The number of nitrogens with zero attached hydrogens (tertiary/aromatic N) is 3. The molecule has 0 aliphatic carbocycles. The Morgan fingerprint density at radius 2 is 2.00 bits per heavy atom. The van der Waals surface area contributed by atoms with Gasteiger partial charge in [0.2, 0.25) is 0 Å². The van der Waals surface area contributed by atoms with Crippen molar-refractivity contribution in [1.82, 2.24) is 20.2 Å². The zero-order chi connectivity index (χ0) is 19.9. The lowest BCUT2D eigenvalue weighted by molar-refractivity contribution is 0.410. The van der Waals surface area contributed by atoms with Crippen molar-refractivity contribution in [1.29, 1.82) is 0 Å². The number of phenolic OH excluding ortho intramolecular Hbond substituents is 1. The molecule has 7 nitrogen and oxygen atoms in total. The van der Waals surface area contributed by atoms with Crippen LogP contribution in [0.4, 0.5) is 0 Å². The van der Waals surface area contributed by atoms with E-state index < -0.39 is 0 Å². The zero-order valence-corrected chi connectivity index (χ0v) is 19.3. The van der Waals surface area contributed by atoms with Gasteiger partial charge in [0.25, 0.3) is 0 Å². The molecule has 0 amide bonds. The number of aromatic nitrogens is 2. The van der Waals surface area contributed by atoms with Gasteiger partial charge in [-0.25, -0.2) is 4.98 Å². The quantitative estimate of drug-likeness (QED) is 0.197. The number of aromatic hydroxyl groups is 1. The largest absolute Gasteiger partial charge is 0.508 e. The summed E-state index contributed by atoms with van der Waals surface area (Å²) in [6.07, 6.45) is 0.937. The third-order valence-electron chi connectivity index (χ3n) is 4.65. The van der Waals surface area contributed by atoms with Crippen LogP contribution in [0.3, 0.4) is 0 Å². The van der Waals surface area contributed by atoms with Crippen molar-refractivity contribution in [3.05, 3.63) is 53.9 Å². The van der Waals surface area contributed by atoms with Gasteiger partial charge in [-0.2, -0.15) is 0 Å². The van der Waals surface area contributed by atoms with Crippen molar-refractivity contribution in [2.75, 3.05) is 20.7 Å². The summed E-state index contributed by atoms with van der Waals surface area (Å²) in [6, 6.07) is 13.4. The molecule has 3 rings (SSSR count). The van der Waals surface area contributed by atoms with Crippen LogP contribution < -0.4 is 15.4 Å². The highest BCUT2D eigenvalue weighted by Crippen LogP contribution is 2.22. The monoisotopic (exact) mass is 509 g/mol. The third-order valence-corrected chi connectivity index (χ3v) is 4.65. The first kappa shape index (κ1) is 22.8. The average molecular weight is 509 g/mol. The molecule has 2 aromatic carbocycles. The molecule has 0 unspecified atom stereocenters. The summed E-state index contributed by atoms with van der Waals surface area (Å²) in [6.45, 7) is 4.14. The maximum Gasteiger partial charge on any atom is 0.191 e. The molecular formula is C21H28IN5O2. The van der Waals surface area contributed by atoms with Crippen molar-refractivity contribution >= 4 is 41.0 Å². The summed E-state index contributed by atoms with van der Waals surface area (Å²) in [7, 11) is 3.34.